The number of hydrogen-bond acceptors (Lipinski definition) is 2. The third-order valence-corrected chi connectivity index (χ3v) is 3.74. The van der Waals surface area contributed by atoms with Crippen molar-refractivity contribution >= 4 is 34.2 Å². The van der Waals surface area contributed by atoms with Gasteiger partial charge in [-0.25, -0.2) is 0 Å². The van der Waals surface area contributed by atoms with Crippen molar-refractivity contribution in [1.82, 2.24) is 0 Å². The molecule has 1 aromatic carbocycles. The quantitative estimate of drug-likeness (QED) is 0.836. The Bertz CT molecular complexity index is 396. The molecular weight excluding hydrogens is 315 g/mol. The fourth-order valence-corrected chi connectivity index (χ4v) is 2.03. The number of benzene rings is 1. The second kappa shape index (κ2) is 4.33. The van der Waals surface area contributed by atoms with Gasteiger partial charge in [0.05, 0.1) is 5.54 Å². The highest BCUT2D eigenvalue weighted by molar-refractivity contribution is 14.1. The van der Waals surface area contributed by atoms with Crippen LogP contribution in [0.25, 0.3) is 0 Å². The molecule has 1 aliphatic rings. The summed E-state index contributed by atoms with van der Waals surface area (Å²) in [5.41, 5.74) is 6.10. The van der Waals surface area contributed by atoms with Crippen LogP contribution in [0.3, 0.4) is 0 Å². The molecule has 2 rings (SSSR count). The van der Waals surface area contributed by atoms with E-state index in [1.165, 1.54) is 0 Å². The maximum atomic E-state index is 12.0. The first-order valence-electron chi connectivity index (χ1n) is 5.36. The van der Waals surface area contributed by atoms with Gasteiger partial charge in [-0.2, -0.15) is 0 Å². The number of hydrogen-bond donors (Lipinski definition) is 2. The molecule has 3 N–H and O–H groups in total. The molecule has 1 aliphatic carbocycles. The van der Waals surface area contributed by atoms with Gasteiger partial charge in [-0.15, -0.1) is 0 Å². The highest BCUT2D eigenvalue weighted by Crippen LogP contribution is 2.38. The molecule has 4 heteroatoms. The molecule has 86 valence electrons. The average molecular weight is 330 g/mol. The normalized spacial score (nSPS) is 18.9. The molecule has 0 bridgehead atoms. The van der Waals surface area contributed by atoms with E-state index >= 15 is 0 Å². The van der Waals surface area contributed by atoms with E-state index in [-0.39, 0.29) is 5.91 Å². The number of carbonyl (C=O) groups is 1. The zero-order valence-corrected chi connectivity index (χ0v) is 11.3. The average Bonchev–Trinajstić information content (AvgIpc) is 3.05. The van der Waals surface area contributed by atoms with Crippen molar-refractivity contribution in [2.24, 2.45) is 11.7 Å². The minimum Gasteiger partial charge on any atom is -0.324 e. The van der Waals surface area contributed by atoms with Gasteiger partial charge in [-0.3, -0.25) is 4.79 Å². The Kier molecular flexibility index (Phi) is 3.21. The lowest BCUT2D eigenvalue weighted by molar-refractivity contribution is -0.121. The summed E-state index contributed by atoms with van der Waals surface area (Å²) in [6, 6.07) is 7.70. The van der Waals surface area contributed by atoms with Crippen LogP contribution in [0.15, 0.2) is 24.3 Å². The first-order chi connectivity index (χ1) is 7.50. The molecule has 0 saturated heterocycles. The van der Waals surface area contributed by atoms with Gasteiger partial charge in [0.15, 0.2) is 0 Å². The molecule has 3 nitrogen and oxygen atoms in total. The van der Waals surface area contributed by atoms with Crippen LogP contribution in [0.4, 0.5) is 5.69 Å². The van der Waals surface area contributed by atoms with Gasteiger partial charge in [0.25, 0.3) is 0 Å². The van der Waals surface area contributed by atoms with E-state index in [0.717, 1.165) is 22.1 Å². The Labute approximate surface area is 109 Å². The smallest absolute Gasteiger partial charge is 0.244 e. The van der Waals surface area contributed by atoms with Crippen molar-refractivity contribution in [3.05, 3.63) is 27.8 Å². The molecule has 1 aromatic rings. The first kappa shape index (κ1) is 11.9. The summed E-state index contributed by atoms with van der Waals surface area (Å²) in [7, 11) is 0. The Balaban J connectivity index is 2.04. The van der Waals surface area contributed by atoms with Crippen LogP contribution in [-0.2, 0) is 4.79 Å². The van der Waals surface area contributed by atoms with Gasteiger partial charge in [0.1, 0.15) is 0 Å². The summed E-state index contributed by atoms with van der Waals surface area (Å²) in [5, 5.41) is 2.86. The lowest BCUT2D eigenvalue weighted by Gasteiger charge is -2.23. The number of rotatable bonds is 3. The van der Waals surface area contributed by atoms with Crippen LogP contribution in [0.1, 0.15) is 19.8 Å². The summed E-state index contributed by atoms with van der Waals surface area (Å²) in [6.07, 6.45) is 2.13. The molecule has 0 heterocycles. The van der Waals surface area contributed by atoms with Gasteiger partial charge < -0.3 is 11.1 Å². The summed E-state index contributed by atoms with van der Waals surface area (Å²) < 4.78 is 1.15. The zero-order chi connectivity index (χ0) is 11.8. The molecule has 0 aliphatic heterocycles. The lowest BCUT2D eigenvalue weighted by atomic mass is 9.96. The monoisotopic (exact) mass is 330 g/mol. The summed E-state index contributed by atoms with van der Waals surface area (Å²) in [5.74, 6) is 0.257. The lowest BCUT2D eigenvalue weighted by Crippen LogP contribution is -2.50. The fourth-order valence-electron chi connectivity index (χ4n) is 1.67. The molecule has 1 amide bonds. The molecule has 16 heavy (non-hydrogen) atoms. The highest BCUT2D eigenvalue weighted by Gasteiger charge is 2.43. The first-order valence-corrected chi connectivity index (χ1v) is 6.44. The van der Waals surface area contributed by atoms with E-state index < -0.39 is 5.54 Å². The van der Waals surface area contributed by atoms with Gasteiger partial charge in [-0.05, 0) is 72.5 Å². The molecule has 1 unspecified atom stereocenters. The third-order valence-electron chi connectivity index (χ3n) is 3.02. The van der Waals surface area contributed by atoms with Gasteiger partial charge >= 0.3 is 0 Å². The van der Waals surface area contributed by atoms with Gasteiger partial charge in [-0.1, -0.05) is 0 Å². The second-order valence-corrected chi connectivity index (χ2v) is 5.76. The van der Waals surface area contributed by atoms with Crippen molar-refractivity contribution in [2.75, 3.05) is 5.32 Å². The van der Waals surface area contributed by atoms with Crippen molar-refractivity contribution in [1.29, 1.82) is 0 Å². The molecule has 1 saturated carbocycles. The molecular formula is C12H15IN2O. The number of nitrogens with two attached hydrogens (primary N) is 1. The van der Waals surface area contributed by atoms with E-state index in [2.05, 4.69) is 27.9 Å². The Morgan fingerprint density at radius 2 is 2.00 bits per heavy atom. The van der Waals surface area contributed by atoms with Crippen LogP contribution >= 0.6 is 22.6 Å². The summed E-state index contributed by atoms with van der Waals surface area (Å²) >= 11 is 2.23. The predicted molar refractivity (Wildman–Crippen MR) is 73.1 cm³/mol. The Morgan fingerprint density at radius 3 is 2.50 bits per heavy atom. The Morgan fingerprint density at radius 1 is 1.44 bits per heavy atom. The molecule has 0 spiro atoms. The zero-order valence-electron chi connectivity index (χ0n) is 9.16. The van der Waals surface area contributed by atoms with E-state index in [1.807, 2.05) is 31.2 Å². The van der Waals surface area contributed by atoms with Crippen molar-refractivity contribution in [3.8, 4) is 0 Å². The van der Waals surface area contributed by atoms with E-state index in [1.54, 1.807) is 0 Å². The number of carbonyl (C=O) groups excluding carboxylic acids is 1. The van der Waals surface area contributed by atoms with E-state index in [0.29, 0.717) is 5.92 Å². The molecule has 0 aromatic heterocycles. The Hall–Kier alpha value is -0.620. The maximum absolute atomic E-state index is 12.0. The van der Waals surface area contributed by atoms with Crippen molar-refractivity contribution < 1.29 is 4.79 Å². The SMILES string of the molecule is CC(N)(C(=O)Nc1ccc(I)cc1)C1CC1. The van der Waals surface area contributed by atoms with E-state index in [4.69, 9.17) is 5.73 Å². The third kappa shape index (κ3) is 2.55. The van der Waals surface area contributed by atoms with Crippen molar-refractivity contribution in [2.45, 2.75) is 25.3 Å². The largest absolute Gasteiger partial charge is 0.324 e. The minimum atomic E-state index is -0.733. The molecule has 1 fully saturated rings. The van der Waals surface area contributed by atoms with Crippen LogP contribution in [0.5, 0.6) is 0 Å². The maximum Gasteiger partial charge on any atom is 0.244 e. The van der Waals surface area contributed by atoms with Crippen molar-refractivity contribution in [3.63, 3.8) is 0 Å². The number of halogens is 1. The minimum absolute atomic E-state index is 0.0868. The highest BCUT2D eigenvalue weighted by atomic mass is 127. The second-order valence-electron chi connectivity index (χ2n) is 4.52. The molecule has 0 radical (unpaired) electrons. The summed E-state index contributed by atoms with van der Waals surface area (Å²) in [4.78, 5) is 12.0. The number of amides is 1. The fraction of sp³-hybridized carbons (Fsp3) is 0.417. The number of nitrogens with one attached hydrogen (secondary N) is 1. The van der Waals surface area contributed by atoms with Crippen LogP contribution < -0.4 is 11.1 Å². The van der Waals surface area contributed by atoms with Gasteiger partial charge in [0, 0.05) is 9.26 Å². The standard InChI is InChI=1S/C12H15IN2O/c1-12(14,8-2-3-8)11(16)15-10-6-4-9(13)5-7-10/h4-8H,2-3,14H2,1H3,(H,15,16). The van der Waals surface area contributed by atoms with E-state index in [9.17, 15) is 4.79 Å². The summed E-state index contributed by atoms with van der Waals surface area (Å²) in [6.45, 7) is 1.81. The molecule has 1 atom stereocenters. The van der Waals surface area contributed by atoms with Gasteiger partial charge in [0.2, 0.25) is 5.91 Å². The predicted octanol–water partition coefficient (Wildman–Crippen LogP) is 2.36. The van der Waals surface area contributed by atoms with Crippen LogP contribution in [0.2, 0.25) is 0 Å². The number of anilines is 1. The topological polar surface area (TPSA) is 55.1 Å². The van der Waals surface area contributed by atoms with Crippen LogP contribution in [0, 0.1) is 9.49 Å². The van der Waals surface area contributed by atoms with Crippen LogP contribution in [-0.4, -0.2) is 11.4 Å².